The van der Waals surface area contributed by atoms with E-state index in [0.717, 1.165) is 0 Å². The normalized spacial score (nSPS) is 20.2. The summed E-state index contributed by atoms with van der Waals surface area (Å²) in [7, 11) is 1.32. The number of carbonyl (C=O) groups is 1. The van der Waals surface area contributed by atoms with E-state index in [-0.39, 0.29) is 6.10 Å². The molecule has 3 heterocycles. The summed E-state index contributed by atoms with van der Waals surface area (Å²) in [5.41, 5.74) is 0.857. The average Bonchev–Trinajstić information content (AvgIpc) is 3.07. The molecule has 3 rings (SSSR count). The summed E-state index contributed by atoms with van der Waals surface area (Å²) >= 11 is 0. The lowest BCUT2D eigenvalue weighted by Crippen LogP contribution is -2.25. The molecule has 1 saturated heterocycles. The highest BCUT2D eigenvalue weighted by Crippen LogP contribution is 2.23. The second kappa shape index (κ2) is 5.54. The third-order valence-electron chi connectivity index (χ3n) is 3.27. The van der Waals surface area contributed by atoms with Crippen molar-refractivity contribution in [1.29, 1.82) is 0 Å². The van der Waals surface area contributed by atoms with E-state index in [2.05, 4.69) is 10.2 Å². The first-order valence-electron chi connectivity index (χ1n) is 6.85. The highest BCUT2D eigenvalue weighted by molar-refractivity contribution is 5.96. The number of fused-ring (bicyclic) bond motifs is 1. The van der Waals surface area contributed by atoms with Crippen molar-refractivity contribution in [3.63, 3.8) is 0 Å². The van der Waals surface area contributed by atoms with Gasteiger partial charge in [-0.3, -0.25) is 0 Å². The summed E-state index contributed by atoms with van der Waals surface area (Å²) in [6, 6.07) is 1.69. The molecule has 2 aromatic heterocycles. The Balaban J connectivity index is 1.73. The molecule has 118 valence electrons. The Morgan fingerprint density at radius 2 is 2.23 bits per heavy atom. The third-order valence-corrected chi connectivity index (χ3v) is 3.27. The lowest BCUT2D eigenvalue weighted by Gasteiger charge is -2.17. The number of methoxy groups -OCH3 is 1. The van der Waals surface area contributed by atoms with E-state index in [0.29, 0.717) is 30.0 Å². The summed E-state index contributed by atoms with van der Waals surface area (Å²) in [4.78, 5) is 11.7. The van der Waals surface area contributed by atoms with E-state index >= 15 is 0 Å². The van der Waals surface area contributed by atoms with E-state index in [1.807, 2.05) is 13.8 Å². The van der Waals surface area contributed by atoms with Gasteiger partial charge < -0.3 is 18.9 Å². The van der Waals surface area contributed by atoms with Crippen LogP contribution in [0.3, 0.4) is 0 Å². The first-order valence-corrected chi connectivity index (χ1v) is 6.85. The van der Waals surface area contributed by atoms with Gasteiger partial charge in [0.15, 0.2) is 5.79 Å². The number of hydrogen-bond acceptors (Lipinski definition) is 7. The van der Waals surface area contributed by atoms with Crippen molar-refractivity contribution in [2.45, 2.75) is 25.7 Å². The van der Waals surface area contributed by atoms with Crippen molar-refractivity contribution in [3.8, 4) is 5.75 Å². The zero-order valence-electron chi connectivity index (χ0n) is 12.6. The van der Waals surface area contributed by atoms with E-state index in [4.69, 9.17) is 18.9 Å². The van der Waals surface area contributed by atoms with Gasteiger partial charge in [-0.1, -0.05) is 0 Å². The zero-order chi connectivity index (χ0) is 15.7. The molecule has 22 heavy (non-hydrogen) atoms. The number of aromatic nitrogens is 3. The van der Waals surface area contributed by atoms with Crippen molar-refractivity contribution < 1.29 is 23.7 Å². The highest BCUT2D eigenvalue weighted by atomic mass is 16.7. The van der Waals surface area contributed by atoms with Gasteiger partial charge in [-0.15, -0.1) is 0 Å². The van der Waals surface area contributed by atoms with E-state index in [1.165, 1.54) is 24.1 Å². The number of esters is 1. The SMILES string of the molecule is COC(=O)c1cnn2ncc(OCC3COC(C)(C)O3)cc12. The molecule has 0 aliphatic carbocycles. The van der Waals surface area contributed by atoms with E-state index in [9.17, 15) is 4.79 Å². The van der Waals surface area contributed by atoms with Gasteiger partial charge in [0.1, 0.15) is 29.5 Å². The third kappa shape index (κ3) is 2.88. The summed E-state index contributed by atoms with van der Waals surface area (Å²) < 4.78 is 22.9. The van der Waals surface area contributed by atoms with Crippen molar-refractivity contribution in [2.75, 3.05) is 20.3 Å². The number of hydrogen-bond donors (Lipinski definition) is 0. The van der Waals surface area contributed by atoms with Crippen LogP contribution in [-0.4, -0.2) is 53.0 Å². The molecule has 2 aromatic rings. The lowest BCUT2D eigenvalue weighted by molar-refractivity contribution is -0.141. The quantitative estimate of drug-likeness (QED) is 0.780. The molecule has 0 radical (unpaired) electrons. The minimum atomic E-state index is -0.584. The fraction of sp³-hybridized carbons (Fsp3) is 0.500. The second-order valence-corrected chi connectivity index (χ2v) is 5.38. The molecule has 0 spiro atoms. The number of ether oxygens (including phenoxy) is 4. The van der Waals surface area contributed by atoms with Crippen LogP contribution in [0.1, 0.15) is 24.2 Å². The molecule has 1 atom stereocenters. The first kappa shape index (κ1) is 14.7. The van der Waals surface area contributed by atoms with E-state index < -0.39 is 11.8 Å². The van der Waals surface area contributed by atoms with Crippen LogP contribution in [0.25, 0.3) is 5.52 Å². The largest absolute Gasteiger partial charge is 0.489 e. The summed E-state index contributed by atoms with van der Waals surface area (Å²) in [5.74, 6) is -0.533. The van der Waals surface area contributed by atoms with Gasteiger partial charge in [0.2, 0.25) is 0 Å². The lowest BCUT2D eigenvalue weighted by atomic mass is 10.3. The topological polar surface area (TPSA) is 84.2 Å². The fourth-order valence-corrected chi connectivity index (χ4v) is 2.24. The van der Waals surface area contributed by atoms with Crippen molar-refractivity contribution in [1.82, 2.24) is 14.8 Å². The van der Waals surface area contributed by atoms with Gasteiger partial charge in [0, 0.05) is 6.07 Å². The second-order valence-electron chi connectivity index (χ2n) is 5.38. The van der Waals surface area contributed by atoms with Crippen LogP contribution in [0, 0.1) is 0 Å². The van der Waals surface area contributed by atoms with Gasteiger partial charge in [-0.2, -0.15) is 14.8 Å². The predicted octanol–water partition coefficient (Wildman–Crippen LogP) is 1.05. The van der Waals surface area contributed by atoms with Crippen LogP contribution in [0.5, 0.6) is 5.75 Å². The Bertz CT molecular complexity index is 697. The summed E-state index contributed by atoms with van der Waals surface area (Å²) in [6.07, 6.45) is 2.80. The van der Waals surface area contributed by atoms with Crippen molar-refractivity contribution in [2.24, 2.45) is 0 Å². The van der Waals surface area contributed by atoms with Gasteiger partial charge >= 0.3 is 5.97 Å². The van der Waals surface area contributed by atoms with Gasteiger partial charge in [0.25, 0.3) is 0 Å². The smallest absolute Gasteiger partial charge is 0.341 e. The highest BCUT2D eigenvalue weighted by Gasteiger charge is 2.33. The van der Waals surface area contributed by atoms with Crippen LogP contribution >= 0.6 is 0 Å². The molecule has 0 aromatic carbocycles. The maximum atomic E-state index is 11.7. The number of rotatable bonds is 4. The first-order chi connectivity index (χ1) is 10.5. The van der Waals surface area contributed by atoms with Crippen LogP contribution in [0.15, 0.2) is 18.5 Å². The Kier molecular flexibility index (Phi) is 3.71. The molecule has 8 heteroatoms. The van der Waals surface area contributed by atoms with Crippen LogP contribution < -0.4 is 4.74 Å². The number of carbonyl (C=O) groups excluding carboxylic acids is 1. The maximum Gasteiger partial charge on any atom is 0.341 e. The molecule has 1 aliphatic heterocycles. The Hall–Kier alpha value is -2.19. The van der Waals surface area contributed by atoms with Gasteiger partial charge in [-0.25, -0.2) is 4.79 Å². The van der Waals surface area contributed by atoms with Crippen LogP contribution in [0.4, 0.5) is 0 Å². The van der Waals surface area contributed by atoms with Gasteiger partial charge in [-0.05, 0) is 13.8 Å². The molecule has 0 N–H and O–H groups in total. The summed E-state index contributed by atoms with van der Waals surface area (Å²) in [6.45, 7) is 4.52. The Morgan fingerprint density at radius 1 is 1.45 bits per heavy atom. The van der Waals surface area contributed by atoms with E-state index in [1.54, 1.807) is 6.07 Å². The maximum absolute atomic E-state index is 11.7. The van der Waals surface area contributed by atoms with Crippen LogP contribution in [-0.2, 0) is 14.2 Å². The Morgan fingerprint density at radius 3 is 2.91 bits per heavy atom. The molecule has 0 saturated carbocycles. The number of nitrogens with zero attached hydrogens (tertiary/aromatic N) is 3. The van der Waals surface area contributed by atoms with Crippen molar-refractivity contribution >= 4 is 11.5 Å². The molecule has 1 aliphatic rings. The monoisotopic (exact) mass is 307 g/mol. The molecule has 1 unspecified atom stereocenters. The molecule has 0 bridgehead atoms. The minimum absolute atomic E-state index is 0.142. The predicted molar refractivity (Wildman–Crippen MR) is 74.7 cm³/mol. The molecule has 8 nitrogen and oxygen atoms in total. The molecular weight excluding hydrogens is 290 g/mol. The average molecular weight is 307 g/mol. The molecule has 0 amide bonds. The fourth-order valence-electron chi connectivity index (χ4n) is 2.24. The standard InChI is InChI=1S/C14H17N3O5/c1-14(2)21-8-10(22-14)7-20-9-4-12-11(13(18)19-3)6-16-17(12)15-5-9/h4-6,10H,7-8H2,1-3H3. The van der Waals surface area contributed by atoms with Crippen molar-refractivity contribution in [3.05, 3.63) is 24.0 Å². The Labute approximate surface area is 126 Å². The molecule has 1 fully saturated rings. The van der Waals surface area contributed by atoms with Gasteiger partial charge in [0.05, 0.1) is 26.1 Å². The van der Waals surface area contributed by atoms with Crippen LogP contribution in [0.2, 0.25) is 0 Å². The molecular formula is C14H17N3O5. The zero-order valence-corrected chi connectivity index (χ0v) is 12.6. The summed E-state index contributed by atoms with van der Waals surface area (Å²) in [5, 5.41) is 8.08. The minimum Gasteiger partial charge on any atom is -0.489 e.